The first-order valence-corrected chi connectivity index (χ1v) is 4.04. The normalized spacial score (nSPS) is 33.0. The fraction of sp³-hybridized carbons (Fsp3) is 1.00. The molecule has 1 aliphatic rings. The van der Waals surface area contributed by atoms with Crippen molar-refractivity contribution in [3.8, 4) is 0 Å². The monoisotopic (exact) mass is 163 g/mol. The third kappa shape index (κ3) is 2.47. The number of halogens is 1. The summed E-state index contributed by atoms with van der Waals surface area (Å²) in [6, 6.07) is 0. The highest BCUT2D eigenvalue weighted by atomic mass is 35.5. The van der Waals surface area contributed by atoms with Gasteiger partial charge in [0.25, 0.3) is 0 Å². The molecule has 0 saturated heterocycles. The van der Waals surface area contributed by atoms with Crippen molar-refractivity contribution in [1.29, 1.82) is 0 Å². The first-order valence-electron chi connectivity index (χ1n) is 4.04. The zero-order chi connectivity index (χ0) is 6.69. The summed E-state index contributed by atoms with van der Waals surface area (Å²) in [5.74, 6) is 1.72. The third-order valence-electron chi connectivity index (χ3n) is 2.59. The second kappa shape index (κ2) is 4.97. The maximum atomic E-state index is 5.59. The molecule has 10 heavy (non-hydrogen) atoms. The van der Waals surface area contributed by atoms with Crippen LogP contribution >= 0.6 is 12.4 Å². The van der Waals surface area contributed by atoms with Crippen molar-refractivity contribution in [3.05, 3.63) is 0 Å². The van der Waals surface area contributed by atoms with Crippen LogP contribution in [0.5, 0.6) is 0 Å². The van der Waals surface area contributed by atoms with E-state index in [2.05, 4.69) is 6.92 Å². The van der Waals surface area contributed by atoms with E-state index in [4.69, 9.17) is 5.73 Å². The second-order valence-electron chi connectivity index (χ2n) is 3.26. The lowest BCUT2D eigenvalue weighted by Gasteiger charge is -2.27. The highest BCUT2D eigenvalue weighted by Crippen LogP contribution is 2.28. The van der Waals surface area contributed by atoms with E-state index >= 15 is 0 Å². The van der Waals surface area contributed by atoms with Gasteiger partial charge in [0, 0.05) is 0 Å². The van der Waals surface area contributed by atoms with Crippen molar-refractivity contribution in [3.63, 3.8) is 0 Å². The Morgan fingerprint density at radius 3 is 2.30 bits per heavy atom. The predicted octanol–water partition coefficient (Wildman–Crippen LogP) is 2.19. The zero-order valence-corrected chi connectivity index (χ0v) is 7.49. The average molecular weight is 164 g/mol. The Morgan fingerprint density at radius 2 is 1.90 bits per heavy atom. The Hall–Kier alpha value is 0.250. The van der Waals surface area contributed by atoms with Gasteiger partial charge in [-0.1, -0.05) is 26.2 Å². The molecule has 2 atom stereocenters. The van der Waals surface area contributed by atoms with E-state index in [0.717, 1.165) is 18.4 Å². The van der Waals surface area contributed by atoms with Gasteiger partial charge in [-0.15, -0.1) is 12.4 Å². The summed E-state index contributed by atoms with van der Waals surface area (Å²) in [5, 5.41) is 0. The van der Waals surface area contributed by atoms with Crippen LogP contribution in [-0.4, -0.2) is 6.54 Å². The van der Waals surface area contributed by atoms with E-state index in [1.807, 2.05) is 0 Å². The molecule has 0 amide bonds. The molecule has 1 aliphatic carbocycles. The summed E-state index contributed by atoms with van der Waals surface area (Å²) < 4.78 is 0. The van der Waals surface area contributed by atoms with Crippen LogP contribution in [0.4, 0.5) is 0 Å². The minimum absolute atomic E-state index is 0. The van der Waals surface area contributed by atoms with E-state index in [9.17, 15) is 0 Å². The second-order valence-corrected chi connectivity index (χ2v) is 3.26. The third-order valence-corrected chi connectivity index (χ3v) is 2.59. The fourth-order valence-electron chi connectivity index (χ4n) is 1.74. The first kappa shape index (κ1) is 10.2. The molecule has 1 fully saturated rings. The molecule has 1 rings (SSSR count). The van der Waals surface area contributed by atoms with Crippen LogP contribution in [0.3, 0.4) is 0 Å². The minimum atomic E-state index is 0. The Morgan fingerprint density at radius 1 is 1.30 bits per heavy atom. The summed E-state index contributed by atoms with van der Waals surface area (Å²) >= 11 is 0. The first-order chi connectivity index (χ1) is 4.34. The van der Waals surface area contributed by atoms with Gasteiger partial charge in [-0.25, -0.2) is 0 Å². The van der Waals surface area contributed by atoms with Crippen LogP contribution in [0.25, 0.3) is 0 Å². The van der Waals surface area contributed by atoms with Crippen LogP contribution in [-0.2, 0) is 0 Å². The molecule has 0 aromatic carbocycles. The molecule has 1 saturated carbocycles. The van der Waals surface area contributed by atoms with Crippen molar-refractivity contribution in [1.82, 2.24) is 0 Å². The summed E-state index contributed by atoms with van der Waals surface area (Å²) in [4.78, 5) is 0. The lowest BCUT2D eigenvalue weighted by atomic mass is 9.81. The SMILES string of the molecule is CC1CCCCC1CN.Cl. The van der Waals surface area contributed by atoms with Gasteiger partial charge >= 0.3 is 0 Å². The van der Waals surface area contributed by atoms with Gasteiger partial charge in [0.1, 0.15) is 0 Å². The summed E-state index contributed by atoms with van der Waals surface area (Å²) in [5.41, 5.74) is 5.59. The molecule has 2 heteroatoms. The standard InChI is InChI=1S/C8H17N.ClH/c1-7-4-2-3-5-8(7)6-9;/h7-8H,2-6,9H2,1H3;1H. The largest absolute Gasteiger partial charge is 0.330 e. The molecule has 1 nitrogen and oxygen atoms in total. The molecule has 0 spiro atoms. The van der Waals surface area contributed by atoms with E-state index < -0.39 is 0 Å². The highest BCUT2D eigenvalue weighted by molar-refractivity contribution is 5.85. The lowest BCUT2D eigenvalue weighted by molar-refractivity contribution is 0.263. The van der Waals surface area contributed by atoms with Crippen LogP contribution < -0.4 is 5.73 Å². The van der Waals surface area contributed by atoms with Crippen LogP contribution in [0.2, 0.25) is 0 Å². The average Bonchev–Trinajstić information content (AvgIpc) is 1.89. The fourth-order valence-corrected chi connectivity index (χ4v) is 1.74. The molecular weight excluding hydrogens is 146 g/mol. The van der Waals surface area contributed by atoms with Gasteiger partial charge in [0.2, 0.25) is 0 Å². The quantitative estimate of drug-likeness (QED) is 0.630. The molecule has 2 N–H and O–H groups in total. The number of nitrogens with two attached hydrogens (primary N) is 1. The predicted molar refractivity (Wildman–Crippen MR) is 47.4 cm³/mol. The van der Waals surface area contributed by atoms with E-state index in [0.29, 0.717) is 0 Å². The molecular formula is C8H18ClN. The van der Waals surface area contributed by atoms with Crippen molar-refractivity contribution in [2.24, 2.45) is 17.6 Å². The molecule has 2 unspecified atom stereocenters. The molecule has 0 bridgehead atoms. The molecule has 0 aliphatic heterocycles. The van der Waals surface area contributed by atoms with Gasteiger partial charge < -0.3 is 5.73 Å². The van der Waals surface area contributed by atoms with Gasteiger partial charge in [-0.2, -0.15) is 0 Å². The van der Waals surface area contributed by atoms with E-state index in [1.165, 1.54) is 25.7 Å². The van der Waals surface area contributed by atoms with Crippen LogP contribution in [0.15, 0.2) is 0 Å². The Bertz CT molecular complexity index is 85.3. The molecule has 0 aromatic rings. The summed E-state index contributed by atoms with van der Waals surface area (Å²) in [6.07, 6.45) is 5.61. The zero-order valence-electron chi connectivity index (χ0n) is 6.68. The Balaban J connectivity index is 0.000000810. The maximum absolute atomic E-state index is 5.59. The molecule has 0 radical (unpaired) electrons. The van der Waals surface area contributed by atoms with E-state index in [1.54, 1.807) is 0 Å². The number of rotatable bonds is 1. The van der Waals surface area contributed by atoms with Gasteiger partial charge in [-0.3, -0.25) is 0 Å². The van der Waals surface area contributed by atoms with Gasteiger partial charge in [0.05, 0.1) is 0 Å². The van der Waals surface area contributed by atoms with Crippen molar-refractivity contribution in [2.75, 3.05) is 6.54 Å². The van der Waals surface area contributed by atoms with E-state index in [-0.39, 0.29) is 12.4 Å². The maximum Gasteiger partial charge on any atom is -0.00463 e. The number of hydrogen-bond donors (Lipinski definition) is 1. The molecule has 0 aromatic heterocycles. The highest BCUT2D eigenvalue weighted by Gasteiger charge is 2.18. The van der Waals surface area contributed by atoms with Gasteiger partial charge in [-0.05, 0) is 24.8 Å². The van der Waals surface area contributed by atoms with Crippen molar-refractivity contribution < 1.29 is 0 Å². The molecule has 0 heterocycles. The topological polar surface area (TPSA) is 26.0 Å². The van der Waals surface area contributed by atoms with Gasteiger partial charge in [0.15, 0.2) is 0 Å². The minimum Gasteiger partial charge on any atom is -0.330 e. The summed E-state index contributed by atoms with van der Waals surface area (Å²) in [6.45, 7) is 3.23. The van der Waals surface area contributed by atoms with Crippen molar-refractivity contribution in [2.45, 2.75) is 32.6 Å². The Labute approximate surface area is 69.8 Å². The van der Waals surface area contributed by atoms with Crippen molar-refractivity contribution >= 4 is 12.4 Å². The smallest absolute Gasteiger partial charge is 0.00463 e. The summed E-state index contributed by atoms with van der Waals surface area (Å²) in [7, 11) is 0. The molecule has 62 valence electrons. The Kier molecular flexibility index (Phi) is 5.10. The lowest BCUT2D eigenvalue weighted by Crippen LogP contribution is -2.24. The van der Waals surface area contributed by atoms with Crippen LogP contribution in [0, 0.1) is 11.8 Å². The van der Waals surface area contributed by atoms with Crippen LogP contribution in [0.1, 0.15) is 32.6 Å². The number of hydrogen-bond acceptors (Lipinski definition) is 1.